The minimum Gasteiger partial charge on any atom is -0.462 e. The molecule has 3 rings (SSSR count). The summed E-state index contributed by atoms with van der Waals surface area (Å²) in [7, 11) is 0. The van der Waals surface area contributed by atoms with E-state index in [1.54, 1.807) is 25.3 Å². The molecule has 29 heavy (non-hydrogen) atoms. The van der Waals surface area contributed by atoms with E-state index >= 15 is 0 Å². The Kier molecular flexibility index (Phi) is 5.88. The van der Waals surface area contributed by atoms with E-state index in [-0.39, 0.29) is 11.1 Å². The van der Waals surface area contributed by atoms with Crippen LogP contribution in [0, 0.1) is 6.92 Å². The summed E-state index contributed by atoms with van der Waals surface area (Å²) in [5.41, 5.74) is 2.04. The summed E-state index contributed by atoms with van der Waals surface area (Å²) in [6.07, 6.45) is 0.586. The van der Waals surface area contributed by atoms with Crippen LogP contribution in [0.5, 0.6) is 0 Å². The van der Waals surface area contributed by atoms with Gasteiger partial charge in [-0.25, -0.2) is 9.78 Å². The summed E-state index contributed by atoms with van der Waals surface area (Å²) >= 11 is 1.34. The number of amides is 1. The molecule has 0 saturated heterocycles. The van der Waals surface area contributed by atoms with Crippen molar-refractivity contribution in [3.8, 4) is 10.8 Å². The van der Waals surface area contributed by atoms with Crippen molar-refractivity contribution in [3.63, 3.8) is 0 Å². The van der Waals surface area contributed by atoms with Crippen LogP contribution in [0.4, 0.5) is 5.69 Å². The van der Waals surface area contributed by atoms with Gasteiger partial charge in [0.25, 0.3) is 5.91 Å². The molecule has 152 valence electrons. The molecule has 7 heteroatoms. The molecule has 1 aromatic carbocycles. The van der Waals surface area contributed by atoms with Crippen LogP contribution >= 0.6 is 11.3 Å². The molecule has 1 atom stereocenters. The van der Waals surface area contributed by atoms with E-state index in [1.807, 2.05) is 24.3 Å². The highest BCUT2D eigenvalue weighted by Crippen LogP contribution is 2.28. The zero-order chi connectivity index (χ0) is 21.2. The van der Waals surface area contributed by atoms with Crippen molar-refractivity contribution in [2.75, 3.05) is 5.32 Å². The second kappa shape index (κ2) is 8.21. The summed E-state index contributed by atoms with van der Waals surface area (Å²) in [6, 6.07) is 11.2. The number of benzene rings is 1. The molecule has 6 nitrogen and oxygen atoms in total. The Labute approximate surface area is 173 Å². The van der Waals surface area contributed by atoms with E-state index in [2.05, 4.69) is 31.1 Å². The Morgan fingerprint density at radius 3 is 2.45 bits per heavy atom. The number of ether oxygens (including phenoxy) is 1. The maximum Gasteiger partial charge on any atom is 0.358 e. The molecule has 0 aliphatic carbocycles. The molecule has 0 fully saturated rings. The average molecular weight is 413 g/mol. The van der Waals surface area contributed by atoms with Gasteiger partial charge in [0.2, 0.25) is 0 Å². The summed E-state index contributed by atoms with van der Waals surface area (Å²) in [6.45, 7) is 9.69. The molecule has 2 aromatic heterocycles. The van der Waals surface area contributed by atoms with Crippen LogP contribution in [0.25, 0.3) is 10.8 Å². The van der Waals surface area contributed by atoms with Crippen molar-refractivity contribution < 1.29 is 18.7 Å². The minimum atomic E-state index is -0.960. The first-order valence-electron chi connectivity index (χ1n) is 9.29. The Morgan fingerprint density at radius 1 is 1.17 bits per heavy atom. The fourth-order valence-electron chi connectivity index (χ4n) is 2.66. The number of furan rings is 1. The third-order valence-electron chi connectivity index (χ3n) is 4.39. The maximum atomic E-state index is 12.5. The second-order valence-corrected chi connectivity index (χ2v) is 8.97. The number of esters is 1. The first-order valence-corrected chi connectivity index (χ1v) is 10.1. The lowest BCUT2D eigenvalue weighted by molar-refractivity contribution is -0.123. The van der Waals surface area contributed by atoms with Crippen molar-refractivity contribution in [2.45, 2.75) is 46.1 Å². The predicted molar refractivity (Wildman–Crippen MR) is 113 cm³/mol. The molecule has 0 radical (unpaired) electrons. The van der Waals surface area contributed by atoms with Crippen molar-refractivity contribution in [1.29, 1.82) is 0 Å². The van der Waals surface area contributed by atoms with Gasteiger partial charge in [0, 0.05) is 10.6 Å². The molecular formula is C22H24N2O4S. The third kappa shape index (κ3) is 4.92. The van der Waals surface area contributed by atoms with Crippen LogP contribution in [-0.2, 0) is 14.9 Å². The van der Waals surface area contributed by atoms with Crippen molar-refractivity contribution in [2.24, 2.45) is 0 Å². The fourth-order valence-corrected chi connectivity index (χ4v) is 3.53. The highest BCUT2D eigenvalue weighted by Gasteiger charge is 2.24. The van der Waals surface area contributed by atoms with E-state index in [9.17, 15) is 9.59 Å². The van der Waals surface area contributed by atoms with Crippen LogP contribution in [-0.4, -0.2) is 23.0 Å². The van der Waals surface area contributed by atoms with Gasteiger partial charge in [-0.3, -0.25) is 4.79 Å². The minimum absolute atomic E-state index is 0.0330. The highest BCUT2D eigenvalue weighted by atomic mass is 32.1. The molecule has 1 unspecified atom stereocenters. The Balaban J connectivity index is 1.63. The van der Waals surface area contributed by atoms with Crippen molar-refractivity contribution >= 4 is 28.9 Å². The van der Waals surface area contributed by atoms with Gasteiger partial charge in [-0.05, 0) is 49.1 Å². The Morgan fingerprint density at radius 2 is 1.86 bits per heavy atom. The molecule has 0 aliphatic heterocycles. The van der Waals surface area contributed by atoms with Gasteiger partial charge in [0.05, 0.1) is 6.26 Å². The van der Waals surface area contributed by atoms with Crippen LogP contribution < -0.4 is 5.32 Å². The summed E-state index contributed by atoms with van der Waals surface area (Å²) in [5.74, 6) is -0.454. The van der Waals surface area contributed by atoms with E-state index in [0.29, 0.717) is 21.3 Å². The van der Waals surface area contributed by atoms with Crippen LogP contribution in [0.3, 0.4) is 0 Å². The fraction of sp³-hybridized carbons (Fsp3) is 0.318. The predicted octanol–water partition coefficient (Wildman–Crippen LogP) is 5.19. The molecular weight excluding hydrogens is 388 g/mol. The number of hydrogen-bond acceptors (Lipinski definition) is 6. The first-order chi connectivity index (χ1) is 13.6. The van der Waals surface area contributed by atoms with E-state index in [0.717, 1.165) is 0 Å². The van der Waals surface area contributed by atoms with Gasteiger partial charge >= 0.3 is 5.97 Å². The van der Waals surface area contributed by atoms with E-state index in [4.69, 9.17) is 9.15 Å². The molecule has 0 saturated carbocycles. The molecule has 1 amide bonds. The molecule has 0 aliphatic rings. The zero-order valence-corrected chi connectivity index (χ0v) is 17.9. The normalized spacial score (nSPS) is 12.4. The lowest BCUT2D eigenvalue weighted by atomic mass is 9.87. The Bertz CT molecular complexity index is 999. The zero-order valence-electron chi connectivity index (χ0n) is 17.1. The third-order valence-corrected chi connectivity index (χ3v) is 5.38. The molecule has 0 bridgehead atoms. The van der Waals surface area contributed by atoms with E-state index in [1.165, 1.54) is 23.8 Å². The SMILES string of the molecule is Cc1sc(-c2ccco2)nc1C(=O)OC(C)C(=O)Nc1ccc(C(C)(C)C)cc1. The van der Waals surface area contributed by atoms with Crippen LogP contribution in [0.1, 0.15) is 48.6 Å². The van der Waals surface area contributed by atoms with Gasteiger partial charge in [0.15, 0.2) is 22.6 Å². The second-order valence-electron chi connectivity index (χ2n) is 7.77. The lowest BCUT2D eigenvalue weighted by Gasteiger charge is -2.19. The monoisotopic (exact) mass is 412 g/mol. The topological polar surface area (TPSA) is 81.4 Å². The highest BCUT2D eigenvalue weighted by molar-refractivity contribution is 7.15. The van der Waals surface area contributed by atoms with Gasteiger partial charge in [-0.15, -0.1) is 11.3 Å². The Hall–Kier alpha value is -2.93. The number of carbonyl (C=O) groups is 2. The number of rotatable bonds is 5. The first kappa shape index (κ1) is 20.8. The molecule has 0 spiro atoms. The van der Waals surface area contributed by atoms with Gasteiger partial charge in [0.1, 0.15) is 0 Å². The van der Waals surface area contributed by atoms with Crippen LogP contribution in [0.15, 0.2) is 47.1 Å². The molecule has 1 N–H and O–H groups in total. The molecule has 2 heterocycles. The van der Waals surface area contributed by atoms with E-state index < -0.39 is 18.0 Å². The van der Waals surface area contributed by atoms with Crippen molar-refractivity contribution in [1.82, 2.24) is 4.98 Å². The van der Waals surface area contributed by atoms with Crippen molar-refractivity contribution in [3.05, 3.63) is 58.8 Å². The number of hydrogen-bond donors (Lipinski definition) is 1. The number of nitrogens with zero attached hydrogens (tertiary/aromatic N) is 1. The smallest absolute Gasteiger partial charge is 0.358 e. The number of anilines is 1. The molecule has 3 aromatic rings. The largest absolute Gasteiger partial charge is 0.462 e. The number of thiazole rings is 1. The summed E-state index contributed by atoms with van der Waals surface area (Å²) < 4.78 is 10.6. The van der Waals surface area contributed by atoms with Gasteiger partial charge in [-0.2, -0.15) is 0 Å². The maximum absolute atomic E-state index is 12.5. The lowest BCUT2D eigenvalue weighted by Crippen LogP contribution is -2.30. The average Bonchev–Trinajstić information content (AvgIpc) is 3.30. The summed E-state index contributed by atoms with van der Waals surface area (Å²) in [5, 5.41) is 3.36. The standard InChI is InChI=1S/C22H24N2O4S/c1-13(19(25)23-16-10-8-15(9-11-16)22(3,4)5)28-21(26)18-14(2)29-20(24-18)17-7-6-12-27-17/h6-13H,1-5H3,(H,23,25). The quantitative estimate of drug-likeness (QED) is 0.583. The number of nitrogens with one attached hydrogen (secondary N) is 1. The van der Waals surface area contributed by atoms with Crippen LogP contribution in [0.2, 0.25) is 0 Å². The number of carbonyl (C=O) groups excluding carboxylic acids is 2. The number of aromatic nitrogens is 1. The van der Waals surface area contributed by atoms with Gasteiger partial charge < -0.3 is 14.5 Å². The van der Waals surface area contributed by atoms with Gasteiger partial charge in [-0.1, -0.05) is 32.9 Å². The summed E-state index contributed by atoms with van der Waals surface area (Å²) in [4.78, 5) is 29.9. The number of aryl methyl sites for hydroxylation is 1.